The van der Waals surface area contributed by atoms with Crippen LogP contribution in [-0.2, 0) is 4.74 Å². The summed E-state index contributed by atoms with van der Waals surface area (Å²) in [5, 5.41) is 0. The zero-order valence-corrected chi connectivity index (χ0v) is 12.6. The van der Waals surface area contributed by atoms with Crippen LogP contribution in [0.5, 0.6) is 0 Å². The minimum Gasteiger partial charge on any atom is -0.494 e. The first-order chi connectivity index (χ1) is 9.24. The number of pyridine rings is 1. The lowest BCUT2D eigenvalue weighted by molar-refractivity contribution is 0.297. The number of halogens is 1. The van der Waals surface area contributed by atoms with Crippen LogP contribution in [0, 0.1) is 0 Å². The predicted molar refractivity (Wildman–Crippen MR) is 82.7 cm³/mol. The fourth-order valence-corrected chi connectivity index (χ4v) is 2.08. The van der Waals surface area contributed by atoms with E-state index in [1.807, 2.05) is 62.5 Å². The first kappa shape index (κ1) is 13.8. The minimum absolute atomic E-state index is 0.661. The molecule has 0 saturated carbocycles. The molecule has 1 aromatic heterocycles. The van der Waals surface area contributed by atoms with Gasteiger partial charge in [0, 0.05) is 21.8 Å². The first-order valence-electron chi connectivity index (χ1n) is 6.26. The molecule has 0 spiro atoms. The Balaban J connectivity index is 2.25. The smallest absolute Gasteiger partial charge is 0.123 e. The third-order valence-electron chi connectivity index (χ3n) is 2.75. The van der Waals surface area contributed by atoms with Crippen molar-refractivity contribution < 1.29 is 4.74 Å². The lowest BCUT2D eigenvalue weighted by Gasteiger charge is -2.08. The van der Waals surface area contributed by atoms with E-state index in [4.69, 9.17) is 4.74 Å². The maximum Gasteiger partial charge on any atom is 0.123 e. The second-order valence-electron chi connectivity index (χ2n) is 4.02. The standard InChI is InChI=1S/C16H16BrNO/c1-3-16(19-4-2)13-7-10-15(18-11-13)12-5-8-14(17)9-6-12/h3,5-11H,4H2,1-2H3. The van der Waals surface area contributed by atoms with Crippen molar-refractivity contribution >= 4 is 21.7 Å². The third kappa shape index (κ3) is 3.44. The van der Waals surface area contributed by atoms with Gasteiger partial charge in [-0.05, 0) is 44.2 Å². The number of hydrogen-bond acceptors (Lipinski definition) is 2. The van der Waals surface area contributed by atoms with Gasteiger partial charge < -0.3 is 4.74 Å². The molecule has 0 amide bonds. The molecule has 2 aromatic rings. The van der Waals surface area contributed by atoms with E-state index in [-0.39, 0.29) is 0 Å². The second-order valence-corrected chi connectivity index (χ2v) is 4.94. The third-order valence-corrected chi connectivity index (χ3v) is 3.28. The average Bonchev–Trinajstić information content (AvgIpc) is 2.46. The highest BCUT2D eigenvalue weighted by atomic mass is 79.9. The molecule has 0 bridgehead atoms. The van der Waals surface area contributed by atoms with E-state index >= 15 is 0 Å². The second kappa shape index (κ2) is 6.53. The Morgan fingerprint density at radius 3 is 2.47 bits per heavy atom. The minimum atomic E-state index is 0.661. The van der Waals surface area contributed by atoms with Gasteiger partial charge in [-0.25, -0.2) is 0 Å². The molecule has 1 heterocycles. The number of aromatic nitrogens is 1. The molecule has 0 unspecified atom stereocenters. The Bertz CT molecular complexity index is 558. The SMILES string of the molecule is CC=C(OCC)c1ccc(-c2ccc(Br)cc2)nc1. The fraction of sp³-hybridized carbons (Fsp3) is 0.188. The molecule has 0 fully saturated rings. The van der Waals surface area contributed by atoms with Crippen molar-refractivity contribution in [3.63, 3.8) is 0 Å². The molecule has 1 aromatic carbocycles. The van der Waals surface area contributed by atoms with Gasteiger partial charge in [0.2, 0.25) is 0 Å². The van der Waals surface area contributed by atoms with Crippen LogP contribution in [0.2, 0.25) is 0 Å². The van der Waals surface area contributed by atoms with Crippen molar-refractivity contribution in [1.82, 2.24) is 4.98 Å². The normalized spacial score (nSPS) is 11.4. The molecule has 0 aliphatic heterocycles. The van der Waals surface area contributed by atoms with Gasteiger partial charge in [-0.15, -0.1) is 0 Å². The Morgan fingerprint density at radius 2 is 1.95 bits per heavy atom. The maximum atomic E-state index is 5.55. The number of ether oxygens (including phenoxy) is 1. The molecule has 2 rings (SSSR count). The maximum absolute atomic E-state index is 5.55. The van der Waals surface area contributed by atoms with Gasteiger partial charge in [0.1, 0.15) is 5.76 Å². The van der Waals surface area contributed by atoms with Gasteiger partial charge in [0.25, 0.3) is 0 Å². The molecule has 2 nitrogen and oxygen atoms in total. The summed E-state index contributed by atoms with van der Waals surface area (Å²) in [6, 6.07) is 12.2. The van der Waals surface area contributed by atoms with Crippen LogP contribution in [0.15, 0.2) is 53.1 Å². The van der Waals surface area contributed by atoms with Crippen LogP contribution >= 0.6 is 15.9 Å². The summed E-state index contributed by atoms with van der Waals surface area (Å²) in [7, 11) is 0. The predicted octanol–water partition coefficient (Wildman–Crippen LogP) is 4.91. The van der Waals surface area contributed by atoms with Crippen molar-refractivity contribution in [2.45, 2.75) is 13.8 Å². The van der Waals surface area contributed by atoms with Crippen LogP contribution in [0.3, 0.4) is 0 Å². The summed E-state index contributed by atoms with van der Waals surface area (Å²) >= 11 is 3.43. The molecular formula is C16H16BrNO. The molecule has 0 atom stereocenters. The molecule has 3 heteroatoms. The van der Waals surface area contributed by atoms with E-state index in [0.29, 0.717) is 6.61 Å². The molecule has 0 saturated heterocycles. The molecule has 0 aliphatic rings. The van der Waals surface area contributed by atoms with E-state index < -0.39 is 0 Å². The summed E-state index contributed by atoms with van der Waals surface area (Å²) in [5.74, 6) is 0.873. The summed E-state index contributed by atoms with van der Waals surface area (Å²) in [4.78, 5) is 4.49. The van der Waals surface area contributed by atoms with E-state index in [9.17, 15) is 0 Å². The molecule has 0 aliphatic carbocycles. The van der Waals surface area contributed by atoms with E-state index in [1.54, 1.807) is 0 Å². The van der Waals surface area contributed by atoms with Crippen LogP contribution in [0.1, 0.15) is 19.4 Å². The monoisotopic (exact) mass is 317 g/mol. The summed E-state index contributed by atoms with van der Waals surface area (Å²) in [6.45, 7) is 4.61. The number of rotatable bonds is 4. The van der Waals surface area contributed by atoms with Crippen LogP contribution in [0.4, 0.5) is 0 Å². The van der Waals surface area contributed by atoms with Crippen molar-refractivity contribution in [3.05, 3.63) is 58.7 Å². The van der Waals surface area contributed by atoms with E-state index in [1.165, 1.54) is 0 Å². The number of hydrogen-bond donors (Lipinski definition) is 0. The number of nitrogens with zero attached hydrogens (tertiary/aromatic N) is 1. The molecule has 0 N–H and O–H groups in total. The number of benzene rings is 1. The van der Waals surface area contributed by atoms with Crippen molar-refractivity contribution in [3.8, 4) is 11.3 Å². The van der Waals surface area contributed by atoms with Crippen molar-refractivity contribution in [2.24, 2.45) is 0 Å². The Labute approximate surface area is 122 Å². The van der Waals surface area contributed by atoms with Gasteiger partial charge in [-0.1, -0.05) is 28.1 Å². The zero-order valence-electron chi connectivity index (χ0n) is 11.1. The molecule has 98 valence electrons. The van der Waals surface area contributed by atoms with Gasteiger partial charge in [0.05, 0.1) is 12.3 Å². The quantitative estimate of drug-likeness (QED) is 0.747. The van der Waals surface area contributed by atoms with Crippen molar-refractivity contribution in [2.75, 3.05) is 6.61 Å². The topological polar surface area (TPSA) is 22.1 Å². The Hall–Kier alpha value is -1.61. The largest absolute Gasteiger partial charge is 0.494 e. The Morgan fingerprint density at radius 1 is 1.21 bits per heavy atom. The lowest BCUT2D eigenvalue weighted by Crippen LogP contribution is -1.93. The highest BCUT2D eigenvalue weighted by Crippen LogP contribution is 2.22. The number of allylic oxidation sites excluding steroid dienone is 1. The summed E-state index contributed by atoms with van der Waals surface area (Å²) in [6.07, 6.45) is 3.81. The zero-order chi connectivity index (χ0) is 13.7. The molecule has 0 radical (unpaired) electrons. The highest BCUT2D eigenvalue weighted by molar-refractivity contribution is 9.10. The van der Waals surface area contributed by atoms with Crippen LogP contribution in [-0.4, -0.2) is 11.6 Å². The van der Waals surface area contributed by atoms with Gasteiger partial charge >= 0.3 is 0 Å². The first-order valence-corrected chi connectivity index (χ1v) is 7.05. The summed E-state index contributed by atoms with van der Waals surface area (Å²) in [5.41, 5.74) is 3.07. The lowest BCUT2D eigenvalue weighted by atomic mass is 10.1. The highest BCUT2D eigenvalue weighted by Gasteiger charge is 2.03. The molecule has 19 heavy (non-hydrogen) atoms. The average molecular weight is 318 g/mol. The van der Waals surface area contributed by atoms with Gasteiger partial charge in [0.15, 0.2) is 0 Å². The molecular weight excluding hydrogens is 302 g/mol. The fourth-order valence-electron chi connectivity index (χ4n) is 1.82. The van der Waals surface area contributed by atoms with Gasteiger partial charge in [-0.3, -0.25) is 4.98 Å². The van der Waals surface area contributed by atoms with Crippen LogP contribution < -0.4 is 0 Å². The van der Waals surface area contributed by atoms with Crippen molar-refractivity contribution in [1.29, 1.82) is 0 Å². The summed E-state index contributed by atoms with van der Waals surface area (Å²) < 4.78 is 6.62. The van der Waals surface area contributed by atoms with E-state index in [0.717, 1.165) is 27.1 Å². The Kier molecular flexibility index (Phi) is 4.74. The van der Waals surface area contributed by atoms with Crippen LogP contribution in [0.25, 0.3) is 17.0 Å². The van der Waals surface area contributed by atoms with Gasteiger partial charge in [-0.2, -0.15) is 0 Å². The van der Waals surface area contributed by atoms with E-state index in [2.05, 4.69) is 20.9 Å².